The zero-order chi connectivity index (χ0) is 26.9. The van der Waals surface area contributed by atoms with E-state index in [1.165, 1.54) is 11.3 Å². The van der Waals surface area contributed by atoms with Crippen molar-refractivity contribution in [2.45, 2.75) is 51.4 Å². The van der Waals surface area contributed by atoms with E-state index in [0.717, 1.165) is 95.7 Å². The van der Waals surface area contributed by atoms with Gasteiger partial charge in [0, 0.05) is 54.5 Å². The van der Waals surface area contributed by atoms with Crippen LogP contribution in [-0.2, 0) is 7.05 Å². The van der Waals surface area contributed by atoms with Crippen LogP contribution in [0, 0.1) is 12.3 Å². The number of hydrogen-bond donors (Lipinski definition) is 1. The Morgan fingerprint density at radius 1 is 1.18 bits per heavy atom. The molecule has 0 unspecified atom stereocenters. The fraction of sp³-hybridized carbons (Fsp3) is 0.375. The Morgan fingerprint density at radius 2 is 1.95 bits per heavy atom. The molecule has 2 saturated carbocycles. The van der Waals surface area contributed by atoms with Crippen LogP contribution < -0.4 is 4.90 Å². The molecule has 4 aromatic rings. The summed E-state index contributed by atoms with van der Waals surface area (Å²) in [5, 5.41) is 15.5. The Balaban J connectivity index is 1.09. The van der Waals surface area contributed by atoms with Gasteiger partial charge in [0.2, 0.25) is 0 Å². The van der Waals surface area contributed by atoms with E-state index in [2.05, 4.69) is 41.3 Å². The van der Waals surface area contributed by atoms with Crippen LogP contribution >= 0.6 is 11.6 Å². The number of piperidine rings is 1. The molecule has 7 heteroatoms. The van der Waals surface area contributed by atoms with Gasteiger partial charge in [0.25, 0.3) is 0 Å². The van der Waals surface area contributed by atoms with Gasteiger partial charge in [-0.1, -0.05) is 34.5 Å². The minimum absolute atomic E-state index is 0.357. The minimum Gasteiger partial charge on any atom is -0.478 e. The van der Waals surface area contributed by atoms with E-state index in [9.17, 15) is 9.90 Å². The third kappa shape index (κ3) is 4.17. The Kier molecular flexibility index (Phi) is 5.67. The molecule has 1 spiro atoms. The number of anilines is 1. The van der Waals surface area contributed by atoms with E-state index in [1.807, 2.05) is 29.8 Å². The molecular formula is C32H32ClN3O3. The first-order chi connectivity index (χ1) is 18.8. The predicted molar refractivity (Wildman–Crippen MR) is 155 cm³/mol. The summed E-state index contributed by atoms with van der Waals surface area (Å²) in [4.78, 5) is 14.0. The van der Waals surface area contributed by atoms with E-state index in [1.54, 1.807) is 6.20 Å². The molecule has 39 heavy (non-hydrogen) atoms. The van der Waals surface area contributed by atoms with E-state index in [0.29, 0.717) is 16.9 Å². The van der Waals surface area contributed by atoms with Gasteiger partial charge in [0.1, 0.15) is 11.5 Å². The molecule has 0 bridgehead atoms. The fourth-order valence-corrected chi connectivity index (χ4v) is 7.06. The van der Waals surface area contributed by atoms with Crippen LogP contribution in [0.3, 0.4) is 0 Å². The first-order valence-corrected chi connectivity index (χ1v) is 14.2. The molecule has 7 rings (SSSR count). The minimum atomic E-state index is -0.883. The lowest BCUT2D eigenvalue weighted by Gasteiger charge is -2.50. The number of rotatable bonds is 5. The van der Waals surface area contributed by atoms with Crippen molar-refractivity contribution < 1.29 is 14.4 Å². The third-order valence-corrected chi connectivity index (χ3v) is 9.42. The van der Waals surface area contributed by atoms with Crippen molar-refractivity contribution >= 4 is 40.2 Å². The standard InChI is InChI=1S/C32H32ClN3O3/c1-19-4-3-5-26(33)28(19)29-24(30(39-34-29)21-6-7-21)14-20-16-32(17-20)10-12-36(13-11-32)22-8-9-23-25(31(37)38)18-35(2)27(23)15-22/h3-5,8-9,14-15,18,21H,6-7,10-13,16-17H2,1-2H3,(H,37,38). The number of benzene rings is 2. The zero-order valence-corrected chi connectivity index (χ0v) is 23.1. The highest BCUT2D eigenvalue weighted by atomic mass is 35.5. The summed E-state index contributed by atoms with van der Waals surface area (Å²) in [5.41, 5.74) is 8.44. The average molecular weight is 542 g/mol. The van der Waals surface area contributed by atoms with Crippen LogP contribution in [0.5, 0.6) is 0 Å². The summed E-state index contributed by atoms with van der Waals surface area (Å²) >= 11 is 6.63. The molecule has 3 fully saturated rings. The van der Waals surface area contributed by atoms with Crippen LogP contribution in [0.2, 0.25) is 5.02 Å². The van der Waals surface area contributed by atoms with Crippen molar-refractivity contribution in [3.8, 4) is 11.3 Å². The van der Waals surface area contributed by atoms with Gasteiger partial charge in [0.05, 0.1) is 16.1 Å². The van der Waals surface area contributed by atoms with E-state index >= 15 is 0 Å². The van der Waals surface area contributed by atoms with Gasteiger partial charge < -0.3 is 19.1 Å². The van der Waals surface area contributed by atoms with Crippen molar-refractivity contribution in [1.29, 1.82) is 0 Å². The van der Waals surface area contributed by atoms with Gasteiger partial charge in [-0.3, -0.25) is 0 Å². The van der Waals surface area contributed by atoms with Crippen molar-refractivity contribution in [3.63, 3.8) is 0 Å². The predicted octanol–water partition coefficient (Wildman–Crippen LogP) is 7.83. The zero-order valence-electron chi connectivity index (χ0n) is 22.3. The average Bonchev–Trinajstić information content (AvgIpc) is 3.58. The number of carbonyl (C=O) groups is 1. The van der Waals surface area contributed by atoms with Crippen LogP contribution in [0.15, 0.2) is 52.7 Å². The van der Waals surface area contributed by atoms with Gasteiger partial charge in [0.15, 0.2) is 0 Å². The summed E-state index contributed by atoms with van der Waals surface area (Å²) < 4.78 is 7.83. The highest BCUT2D eigenvalue weighted by Gasteiger charge is 2.43. The fourth-order valence-electron chi connectivity index (χ4n) is 6.75. The second-order valence-corrected chi connectivity index (χ2v) is 12.2. The molecule has 200 valence electrons. The number of carboxylic acid groups (broad SMARTS) is 1. The first kappa shape index (κ1) is 24.5. The third-order valence-electron chi connectivity index (χ3n) is 9.11. The molecule has 0 amide bonds. The molecule has 2 aromatic carbocycles. The Morgan fingerprint density at radius 3 is 2.64 bits per heavy atom. The highest BCUT2D eigenvalue weighted by Crippen LogP contribution is 2.54. The maximum Gasteiger partial charge on any atom is 0.337 e. The van der Waals surface area contributed by atoms with Crippen LogP contribution in [0.25, 0.3) is 28.2 Å². The van der Waals surface area contributed by atoms with Crippen LogP contribution in [0.1, 0.15) is 71.7 Å². The van der Waals surface area contributed by atoms with Crippen LogP contribution in [-0.4, -0.2) is 33.9 Å². The molecule has 0 atom stereocenters. The lowest BCUT2D eigenvalue weighted by molar-refractivity contribution is 0.0699. The lowest BCUT2D eigenvalue weighted by Crippen LogP contribution is -2.44. The monoisotopic (exact) mass is 541 g/mol. The number of allylic oxidation sites excluding steroid dienone is 1. The van der Waals surface area contributed by atoms with Gasteiger partial charge in [-0.2, -0.15) is 0 Å². The maximum absolute atomic E-state index is 11.6. The molecule has 6 nitrogen and oxygen atoms in total. The van der Waals surface area contributed by atoms with Crippen LogP contribution in [0.4, 0.5) is 5.69 Å². The molecule has 1 N–H and O–H groups in total. The molecule has 1 aliphatic heterocycles. The number of aryl methyl sites for hydroxylation is 2. The Bertz CT molecular complexity index is 1620. The molecule has 2 aliphatic carbocycles. The second kappa shape index (κ2) is 9.02. The number of fused-ring (bicyclic) bond motifs is 1. The normalized spacial score (nSPS) is 18.5. The highest BCUT2D eigenvalue weighted by molar-refractivity contribution is 6.33. The van der Waals surface area contributed by atoms with Crippen molar-refractivity contribution in [3.05, 3.63) is 75.6 Å². The summed E-state index contributed by atoms with van der Waals surface area (Å²) in [5.74, 6) is 0.618. The summed E-state index contributed by atoms with van der Waals surface area (Å²) in [7, 11) is 1.91. The van der Waals surface area contributed by atoms with Crippen molar-refractivity contribution in [1.82, 2.24) is 9.72 Å². The lowest BCUT2D eigenvalue weighted by atomic mass is 9.60. The van der Waals surface area contributed by atoms with E-state index in [-0.39, 0.29) is 0 Å². The largest absolute Gasteiger partial charge is 0.478 e. The SMILES string of the molecule is Cc1cccc(Cl)c1-c1noc(C2CC2)c1C=C1CC2(CCN(c3ccc4c(C(=O)O)cn(C)c4c3)CC2)C1. The molecule has 2 aromatic heterocycles. The maximum atomic E-state index is 11.6. The van der Waals surface area contributed by atoms with Gasteiger partial charge >= 0.3 is 5.97 Å². The van der Waals surface area contributed by atoms with Gasteiger partial charge in [-0.05, 0) is 86.8 Å². The summed E-state index contributed by atoms with van der Waals surface area (Å²) in [6, 6.07) is 12.2. The van der Waals surface area contributed by atoms with Gasteiger partial charge in [-0.15, -0.1) is 0 Å². The Labute approximate surface area is 232 Å². The number of halogens is 1. The smallest absolute Gasteiger partial charge is 0.337 e. The first-order valence-electron chi connectivity index (χ1n) is 13.8. The van der Waals surface area contributed by atoms with E-state index in [4.69, 9.17) is 16.1 Å². The summed E-state index contributed by atoms with van der Waals surface area (Å²) in [6.07, 6.45) is 10.9. The van der Waals surface area contributed by atoms with Crippen molar-refractivity contribution in [2.75, 3.05) is 18.0 Å². The van der Waals surface area contributed by atoms with Crippen molar-refractivity contribution in [2.24, 2.45) is 12.5 Å². The molecular weight excluding hydrogens is 510 g/mol. The van der Waals surface area contributed by atoms with Gasteiger partial charge in [-0.25, -0.2) is 4.79 Å². The molecule has 0 radical (unpaired) electrons. The Hall–Kier alpha value is -3.51. The second-order valence-electron chi connectivity index (χ2n) is 11.8. The number of hydrogen-bond acceptors (Lipinski definition) is 4. The quantitative estimate of drug-likeness (QED) is 0.279. The number of aromatic nitrogens is 2. The van der Waals surface area contributed by atoms with E-state index < -0.39 is 5.97 Å². The topological polar surface area (TPSA) is 71.5 Å². The molecule has 1 saturated heterocycles. The molecule has 3 heterocycles. The number of carboxylic acids is 1. The number of aromatic carboxylic acids is 1. The number of nitrogens with zero attached hydrogens (tertiary/aromatic N) is 3. The molecule has 3 aliphatic rings. The summed E-state index contributed by atoms with van der Waals surface area (Å²) in [6.45, 7) is 4.11.